The van der Waals surface area contributed by atoms with Gasteiger partial charge in [-0.3, -0.25) is 0 Å². The van der Waals surface area contributed by atoms with E-state index in [2.05, 4.69) is 0 Å². The highest BCUT2D eigenvalue weighted by Gasteiger charge is 2.48. The Kier molecular flexibility index (Phi) is 1.93. The van der Waals surface area contributed by atoms with E-state index in [0.29, 0.717) is 6.54 Å². The van der Waals surface area contributed by atoms with Gasteiger partial charge in [0.1, 0.15) is 5.76 Å². The highest BCUT2D eigenvalue weighted by atomic mass is 16.3. The van der Waals surface area contributed by atoms with E-state index < -0.39 is 6.10 Å². The van der Waals surface area contributed by atoms with Crippen LogP contribution >= 0.6 is 0 Å². The summed E-state index contributed by atoms with van der Waals surface area (Å²) in [5, 5.41) is 10.0. The minimum absolute atomic E-state index is 0.0609. The molecule has 1 aromatic rings. The van der Waals surface area contributed by atoms with Gasteiger partial charge < -0.3 is 15.3 Å². The Hall–Kier alpha value is -0.800. The molecule has 0 spiro atoms. The molecule has 72 valence electrons. The maximum atomic E-state index is 10.0. The maximum Gasteiger partial charge on any atom is 0.106 e. The van der Waals surface area contributed by atoms with Crippen molar-refractivity contribution in [3.63, 3.8) is 0 Å². The van der Waals surface area contributed by atoms with Crippen LogP contribution in [0.25, 0.3) is 0 Å². The molecule has 3 N–H and O–H groups in total. The molecule has 1 unspecified atom stereocenters. The van der Waals surface area contributed by atoms with E-state index in [-0.39, 0.29) is 5.41 Å². The molecule has 1 heterocycles. The van der Waals surface area contributed by atoms with Gasteiger partial charge in [-0.2, -0.15) is 0 Å². The van der Waals surface area contributed by atoms with E-state index in [1.165, 1.54) is 0 Å². The first kappa shape index (κ1) is 8.78. The predicted octanol–water partition coefficient (Wildman–Crippen LogP) is 1.36. The Balaban J connectivity index is 2.22. The fraction of sp³-hybridized carbons (Fsp3) is 0.600. The predicted molar refractivity (Wildman–Crippen MR) is 49.1 cm³/mol. The molecule has 0 aliphatic heterocycles. The van der Waals surface area contributed by atoms with Crippen molar-refractivity contribution >= 4 is 0 Å². The zero-order chi connectivity index (χ0) is 9.47. The Morgan fingerprint density at radius 2 is 2.38 bits per heavy atom. The van der Waals surface area contributed by atoms with Crippen molar-refractivity contribution in [2.24, 2.45) is 11.1 Å². The standard InChI is InChI=1S/C10H15NO2/c1-7-8(2-5-13-7)9(12)10(6-11)3-4-10/h2,5,9,12H,3-4,6,11H2,1H3. The summed E-state index contributed by atoms with van der Waals surface area (Å²) in [6, 6.07) is 1.83. The van der Waals surface area contributed by atoms with Crippen LogP contribution in [0.2, 0.25) is 0 Å². The second kappa shape index (κ2) is 2.86. The molecule has 0 amide bonds. The van der Waals surface area contributed by atoms with Crippen molar-refractivity contribution in [3.05, 3.63) is 23.7 Å². The van der Waals surface area contributed by atoms with Crippen LogP contribution in [0, 0.1) is 12.3 Å². The summed E-state index contributed by atoms with van der Waals surface area (Å²) in [5.41, 5.74) is 6.47. The highest BCUT2D eigenvalue weighted by Crippen LogP contribution is 2.54. The van der Waals surface area contributed by atoms with Crippen LogP contribution in [0.3, 0.4) is 0 Å². The first-order valence-electron chi connectivity index (χ1n) is 4.62. The number of hydrogen-bond acceptors (Lipinski definition) is 3. The molecule has 1 saturated carbocycles. The largest absolute Gasteiger partial charge is 0.469 e. The van der Waals surface area contributed by atoms with Crippen LogP contribution in [-0.4, -0.2) is 11.7 Å². The molecule has 3 heteroatoms. The van der Waals surface area contributed by atoms with Gasteiger partial charge in [-0.25, -0.2) is 0 Å². The second-order valence-corrected chi connectivity index (χ2v) is 3.90. The van der Waals surface area contributed by atoms with Crippen molar-refractivity contribution in [2.75, 3.05) is 6.54 Å². The fourth-order valence-corrected chi connectivity index (χ4v) is 1.76. The normalized spacial score (nSPS) is 21.5. The minimum atomic E-state index is -0.448. The summed E-state index contributed by atoms with van der Waals surface area (Å²) in [7, 11) is 0. The minimum Gasteiger partial charge on any atom is -0.469 e. The van der Waals surface area contributed by atoms with Crippen molar-refractivity contribution in [3.8, 4) is 0 Å². The molecule has 0 aromatic carbocycles. The van der Waals surface area contributed by atoms with E-state index in [0.717, 1.165) is 24.2 Å². The lowest BCUT2D eigenvalue weighted by atomic mass is 9.93. The molecule has 0 saturated heterocycles. The number of rotatable bonds is 3. The lowest BCUT2D eigenvalue weighted by Gasteiger charge is -2.19. The average molecular weight is 181 g/mol. The van der Waals surface area contributed by atoms with E-state index in [9.17, 15) is 5.11 Å². The van der Waals surface area contributed by atoms with Gasteiger partial charge in [0, 0.05) is 17.5 Å². The van der Waals surface area contributed by atoms with Gasteiger partial charge in [0.25, 0.3) is 0 Å². The molecule has 1 fully saturated rings. The molecule has 1 aliphatic rings. The van der Waals surface area contributed by atoms with Crippen LogP contribution in [-0.2, 0) is 0 Å². The van der Waals surface area contributed by atoms with Gasteiger partial charge in [0.2, 0.25) is 0 Å². The molecule has 13 heavy (non-hydrogen) atoms. The third kappa shape index (κ3) is 1.28. The lowest BCUT2D eigenvalue weighted by molar-refractivity contribution is 0.0960. The fourth-order valence-electron chi connectivity index (χ4n) is 1.76. The van der Waals surface area contributed by atoms with Crippen LogP contribution < -0.4 is 5.73 Å². The van der Waals surface area contributed by atoms with Crippen molar-refractivity contribution in [1.82, 2.24) is 0 Å². The molecule has 0 bridgehead atoms. The van der Waals surface area contributed by atoms with Crippen LogP contribution in [0.1, 0.15) is 30.3 Å². The number of aryl methyl sites for hydroxylation is 1. The van der Waals surface area contributed by atoms with E-state index >= 15 is 0 Å². The summed E-state index contributed by atoms with van der Waals surface area (Å²) in [4.78, 5) is 0. The summed E-state index contributed by atoms with van der Waals surface area (Å²) in [5.74, 6) is 0.798. The number of nitrogens with two attached hydrogens (primary N) is 1. The summed E-state index contributed by atoms with van der Waals surface area (Å²) < 4.78 is 5.15. The van der Waals surface area contributed by atoms with Crippen LogP contribution in [0.15, 0.2) is 16.7 Å². The monoisotopic (exact) mass is 181 g/mol. The summed E-state index contributed by atoms with van der Waals surface area (Å²) >= 11 is 0. The number of aliphatic hydroxyl groups is 1. The lowest BCUT2D eigenvalue weighted by Crippen LogP contribution is -2.23. The van der Waals surface area contributed by atoms with E-state index in [1.54, 1.807) is 6.26 Å². The number of aliphatic hydroxyl groups excluding tert-OH is 1. The molecule has 0 radical (unpaired) electrons. The number of hydrogen-bond donors (Lipinski definition) is 2. The zero-order valence-electron chi connectivity index (χ0n) is 7.79. The Morgan fingerprint density at radius 1 is 1.69 bits per heavy atom. The van der Waals surface area contributed by atoms with E-state index in [4.69, 9.17) is 10.2 Å². The van der Waals surface area contributed by atoms with Gasteiger partial charge in [-0.15, -0.1) is 0 Å². The van der Waals surface area contributed by atoms with Crippen LogP contribution in [0.4, 0.5) is 0 Å². The van der Waals surface area contributed by atoms with Gasteiger partial charge in [0.15, 0.2) is 0 Å². The van der Waals surface area contributed by atoms with Crippen molar-refractivity contribution < 1.29 is 9.52 Å². The second-order valence-electron chi connectivity index (χ2n) is 3.90. The van der Waals surface area contributed by atoms with Gasteiger partial charge in [0.05, 0.1) is 12.4 Å². The molecule has 1 aromatic heterocycles. The van der Waals surface area contributed by atoms with Crippen LogP contribution in [0.5, 0.6) is 0 Å². The molecule has 3 nitrogen and oxygen atoms in total. The van der Waals surface area contributed by atoms with Crippen molar-refractivity contribution in [1.29, 1.82) is 0 Å². The topological polar surface area (TPSA) is 59.4 Å². The van der Waals surface area contributed by atoms with Gasteiger partial charge in [-0.1, -0.05) is 0 Å². The molecular weight excluding hydrogens is 166 g/mol. The summed E-state index contributed by atoms with van der Waals surface area (Å²) in [6.45, 7) is 2.42. The van der Waals surface area contributed by atoms with Crippen molar-refractivity contribution in [2.45, 2.75) is 25.9 Å². The Bertz CT molecular complexity index is 302. The SMILES string of the molecule is Cc1occc1C(O)C1(CN)CC1. The quantitative estimate of drug-likeness (QED) is 0.740. The third-order valence-electron chi connectivity index (χ3n) is 3.07. The Labute approximate surface area is 77.5 Å². The molecule has 1 atom stereocenters. The highest BCUT2D eigenvalue weighted by molar-refractivity contribution is 5.23. The van der Waals surface area contributed by atoms with Gasteiger partial charge >= 0.3 is 0 Å². The molecule has 2 rings (SSSR count). The maximum absolute atomic E-state index is 10.0. The third-order valence-corrected chi connectivity index (χ3v) is 3.07. The summed E-state index contributed by atoms with van der Waals surface area (Å²) in [6.07, 6.45) is 3.21. The average Bonchev–Trinajstić information content (AvgIpc) is 2.83. The molecular formula is C10H15NO2. The first-order chi connectivity index (χ1) is 6.19. The number of furan rings is 1. The van der Waals surface area contributed by atoms with E-state index in [1.807, 2.05) is 13.0 Å². The first-order valence-corrected chi connectivity index (χ1v) is 4.62. The zero-order valence-corrected chi connectivity index (χ0v) is 7.79. The smallest absolute Gasteiger partial charge is 0.106 e. The molecule has 1 aliphatic carbocycles. The van der Waals surface area contributed by atoms with Gasteiger partial charge in [-0.05, 0) is 25.8 Å². The Morgan fingerprint density at radius 3 is 2.77 bits per heavy atom.